The van der Waals surface area contributed by atoms with Gasteiger partial charge in [-0.2, -0.15) is 0 Å². The first-order valence-corrected chi connectivity index (χ1v) is 10.5. The minimum Gasteiger partial charge on any atom is -0.508 e. The van der Waals surface area contributed by atoms with Crippen LogP contribution in [-0.2, 0) is 11.2 Å². The topological polar surface area (TPSA) is 65.6 Å². The van der Waals surface area contributed by atoms with Crippen molar-refractivity contribution < 1.29 is 14.6 Å². The largest absolute Gasteiger partial charge is 0.508 e. The molecule has 1 atom stereocenters. The van der Waals surface area contributed by atoms with Gasteiger partial charge in [-0.1, -0.05) is 23.7 Å². The summed E-state index contributed by atoms with van der Waals surface area (Å²) in [7, 11) is 0. The average molecular weight is 411 g/mol. The number of amides is 1. The Morgan fingerprint density at radius 2 is 1.90 bits per heavy atom. The normalized spacial score (nSPS) is 19.5. The summed E-state index contributed by atoms with van der Waals surface area (Å²) < 4.78 is 5.84. The first-order chi connectivity index (χ1) is 14.1. The lowest BCUT2D eigenvalue weighted by Gasteiger charge is -2.36. The molecule has 29 heavy (non-hydrogen) atoms. The molecular weight excluding hydrogens is 388 g/mol. The number of H-pyrrole nitrogens is 1. The molecule has 150 valence electrons. The lowest BCUT2D eigenvalue weighted by Crippen LogP contribution is -2.42. The van der Waals surface area contributed by atoms with Crippen molar-refractivity contribution in [3.05, 3.63) is 64.3 Å². The fourth-order valence-corrected chi connectivity index (χ4v) is 4.85. The van der Waals surface area contributed by atoms with E-state index in [-0.39, 0.29) is 24.0 Å². The Labute approximate surface area is 174 Å². The Hall–Kier alpha value is -2.66. The van der Waals surface area contributed by atoms with Crippen molar-refractivity contribution in [3.63, 3.8) is 0 Å². The molecule has 2 N–H and O–H groups in total. The molecule has 5 rings (SSSR count). The molecular formula is C23H23ClN2O3. The summed E-state index contributed by atoms with van der Waals surface area (Å²) in [6.07, 6.45) is 4.62. The number of rotatable bonds is 2. The van der Waals surface area contributed by atoms with Gasteiger partial charge in [-0.05, 0) is 73.6 Å². The number of aromatic hydroxyl groups is 1. The lowest BCUT2D eigenvalue weighted by atomic mass is 9.92. The van der Waals surface area contributed by atoms with E-state index < -0.39 is 0 Å². The predicted octanol–water partition coefficient (Wildman–Crippen LogP) is 5.55. The van der Waals surface area contributed by atoms with E-state index >= 15 is 0 Å². The second-order valence-electron chi connectivity index (χ2n) is 7.93. The van der Waals surface area contributed by atoms with Crippen molar-refractivity contribution in [2.24, 2.45) is 0 Å². The van der Waals surface area contributed by atoms with Gasteiger partial charge in [0, 0.05) is 28.2 Å². The number of phenols is 1. The highest BCUT2D eigenvalue weighted by Crippen LogP contribution is 2.40. The van der Waals surface area contributed by atoms with E-state index in [4.69, 9.17) is 16.3 Å². The highest BCUT2D eigenvalue weighted by Gasteiger charge is 2.36. The minimum atomic E-state index is -0.292. The standard InChI is InChI=1S/C23H23ClN2O3/c24-15-7-10-20-19(13-15)18-11-12-26(23(28)29-17-3-1-2-4-17)22(21(18)25-20)14-5-8-16(27)9-6-14/h5-10,13,17,22,25,27H,1-4,11-12H2. The molecule has 1 fully saturated rings. The van der Waals surface area contributed by atoms with Crippen LogP contribution in [-0.4, -0.2) is 33.7 Å². The zero-order valence-electron chi connectivity index (χ0n) is 16.0. The fraction of sp³-hybridized carbons (Fsp3) is 0.348. The van der Waals surface area contributed by atoms with Crippen molar-refractivity contribution in [2.75, 3.05) is 6.54 Å². The summed E-state index contributed by atoms with van der Waals surface area (Å²) in [6, 6.07) is 12.6. The van der Waals surface area contributed by atoms with Crippen LogP contribution < -0.4 is 0 Å². The molecule has 5 nitrogen and oxygen atoms in total. The van der Waals surface area contributed by atoms with Gasteiger partial charge in [0.2, 0.25) is 0 Å². The van der Waals surface area contributed by atoms with Gasteiger partial charge < -0.3 is 14.8 Å². The zero-order valence-corrected chi connectivity index (χ0v) is 16.8. The van der Waals surface area contributed by atoms with Crippen molar-refractivity contribution in [2.45, 2.75) is 44.2 Å². The molecule has 3 aromatic rings. The molecule has 1 aromatic heterocycles. The number of carbonyl (C=O) groups is 1. The quantitative estimate of drug-likeness (QED) is 0.581. The second-order valence-corrected chi connectivity index (χ2v) is 8.37. The Morgan fingerprint density at radius 3 is 2.66 bits per heavy atom. The molecule has 2 aliphatic rings. The third-order valence-electron chi connectivity index (χ3n) is 6.10. The molecule has 0 spiro atoms. The van der Waals surface area contributed by atoms with Crippen LogP contribution in [0.1, 0.15) is 48.5 Å². The number of phenolic OH excluding ortho intramolecular Hbond substituents is 1. The molecule has 0 bridgehead atoms. The molecule has 1 unspecified atom stereocenters. The van der Waals surface area contributed by atoms with Crippen LogP contribution >= 0.6 is 11.6 Å². The van der Waals surface area contributed by atoms with E-state index in [1.807, 2.05) is 35.2 Å². The Balaban J connectivity index is 1.58. The van der Waals surface area contributed by atoms with Gasteiger partial charge in [0.1, 0.15) is 17.9 Å². The maximum absolute atomic E-state index is 13.1. The van der Waals surface area contributed by atoms with Gasteiger partial charge in [0.15, 0.2) is 0 Å². The number of hydrogen-bond donors (Lipinski definition) is 2. The molecule has 6 heteroatoms. The van der Waals surface area contributed by atoms with E-state index in [1.54, 1.807) is 12.1 Å². The molecule has 2 heterocycles. The maximum atomic E-state index is 13.1. The van der Waals surface area contributed by atoms with Gasteiger partial charge >= 0.3 is 6.09 Å². The van der Waals surface area contributed by atoms with Gasteiger partial charge in [-0.25, -0.2) is 4.79 Å². The van der Waals surface area contributed by atoms with Crippen LogP contribution in [0.25, 0.3) is 10.9 Å². The highest BCUT2D eigenvalue weighted by molar-refractivity contribution is 6.31. The van der Waals surface area contributed by atoms with Crippen LogP contribution in [0.4, 0.5) is 4.79 Å². The number of nitrogens with zero attached hydrogens (tertiary/aromatic N) is 1. The van der Waals surface area contributed by atoms with Gasteiger partial charge in [0.25, 0.3) is 0 Å². The van der Waals surface area contributed by atoms with E-state index in [0.29, 0.717) is 11.6 Å². The van der Waals surface area contributed by atoms with E-state index in [2.05, 4.69) is 4.98 Å². The number of benzene rings is 2. The summed E-state index contributed by atoms with van der Waals surface area (Å²) in [5.74, 6) is 0.202. The van der Waals surface area contributed by atoms with Crippen molar-refractivity contribution in [1.29, 1.82) is 0 Å². The number of aromatic amines is 1. The van der Waals surface area contributed by atoms with Gasteiger partial charge in [-0.15, -0.1) is 0 Å². The minimum absolute atomic E-state index is 0.0193. The Bertz CT molecular complexity index is 1050. The molecule has 1 aliphatic carbocycles. The fourth-order valence-electron chi connectivity index (χ4n) is 4.68. The summed E-state index contributed by atoms with van der Waals surface area (Å²) >= 11 is 6.24. The smallest absolute Gasteiger partial charge is 0.410 e. The van der Waals surface area contributed by atoms with Crippen molar-refractivity contribution >= 4 is 28.6 Å². The van der Waals surface area contributed by atoms with E-state index in [0.717, 1.165) is 54.3 Å². The molecule has 0 saturated heterocycles. The second kappa shape index (κ2) is 7.30. The highest BCUT2D eigenvalue weighted by atomic mass is 35.5. The SMILES string of the molecule is O=C(OC1CCCC1)N1CCc2c([nH]c3ccc(Cl)cc23)C1c1ccc(O)cc1. The third kappa shape index (κ3) is 3.33. The molecule has 1 aliphatic heterocycles. The maximum Gasteiger partial charge on any atom is 0.410 e. The average Bonchev–Trinajstić information content (AvgIpc) is 3.35. The first-order valence-electron chi connectivity index (χ1n) is 10.2. The summed E-state index contributed by atoms with van der Waals surface area (Å²) in [6.45, 7) is 0.573. The molecule has 1 amide bonds. The Kier molecular flexibility index (Phi) is 4.63. The Morgan fingerprint density at radius 1 is 1.14 bits per heavy atom. The van der Waals surface area contributed by atoms with Gasteiger partial charge in [-0.3, -0.25) is 4.90 Å². The number of nitrogens with one attached hydrogen (secondary N) is 1. The zero-order chi connectivity index (χ0) is 20.0. The van der Waals surface area contributed by atoms with Crippen LogP contribution in [0.2, 0.25) is 5.02 Å². The van der Waals surface area contributed by atoms with Crippen LogP contribution in [0.5, 0.6) is 5.75 Å². The number of ether oxygens (including phenoxy) is 1. The number of carbonyl (C=O) groups excluding carboxylic acids is 1. The van der Waals surface area contributed by atoms with Crippen LogP contribution in [0.15, 0.2) is 42.5 Å². The van der Waals surface area contributed by atoms with Crippen LogP contribution in [0.3, 0.4) is 0 Å². The van der Waals surface area contributed by atoms with Crippen molar-refractivity contribution in [3.8, 4) is 5.75 Å². The predicted molar refractivity (Wildman–Crippen MR) is 112 cm³/mol. The number of hydrogen-bond acceptors (Lipinski definition) is 3. The van der Waals surface area contributed by atoms with Crippen molar-refractivity contribution in [1.82, 2.24) is 9.88 Å². The summed E-state index contributed by atoms with van der Waals surface area (Å²) in [5.41, 5.74) is 4.12. The van der Waals surface area contributed by atoms with Crippen LogP contribution in [0, 0.1) is 0 Å². The number of aromatic nitrogens is 1. The molecule has 2 aromatic carbocycles. The molecule has 0 radical (unpaired) electrons. The van der Waals surface area contributed by atoms with E-state index in [1.165, 1.54) is 5.56 Å². The number of halogens is 1. The molecule has 1 saturated carbocycles. The lowest BCUT2D eigenvalue weighted by molar-refractivity contribution is 0.0551. The third-order valence-corrected chi connectivity index (χ3v) is 6.34. The van der Waals surface area contributed by atoms with Gasteiger partial charge in [0.05, 0.1) is 0 Å². The summed E-state index contributed by atoms with van der Waals surface area (Å²) in [5, 5.41) is 11.5. The van der Waals surface area contributed by atoms with E-state index in [9.17, 15) is 9.90 Å². The monoisotopic (exact) mass is 410 g/mol. The first kappa shape index (κ1) is 18.4. The summed E-state index contributed by atoms with van der Waals surface area (Å²) in [4.78, 5) is 18.4. The number of fused-ring (bicyclic) bond motifs is 3.